The van der Waals surface area contributed by atoms with Crippen molar-refractivity contribution in [1.29, 1.82) is 0 Å². The first-order valence-electron chi connectivity index (χ1n) is 12.7. The molecule has 39 heavy (non-hydrogen) atoms. The minimum absolute atomic E-state index is 0.569. The predicted octanol–water partition coefficient (Wildman–Crippen LogP) is 8.35. The highest BCUT2D eigenvalue weighted by atomic mass is 16.3. The maximum Gasteiger partial charge on any atom is 0.227 e. The molecule has 0 fully saturated rings. The summed E-state index contributed by atoms with van der Waals surface area (Å²) >= 11 is 0. The van der Waals surface area contributed by atoms with E-state index in [1.165, 1.54) is 0 Å². The van der Waals surface area contributed by atoms with Crippen LogP contribution in [0, 0.1) is 0 Å². The minimum atomic E-state index is 0.569. The van der Waals surface area contributed by atoms with Crippen LogP contribution in [0.25, 0.3) is 67.8 Å². The van der Waals surface area contributed by atoms with E-state index in [1.807, 2.05) is 115 Å². The molecule has 5 nitrogen and oxygen atoms in total. The van der Waals surface area contributed by atoms with Gasteiger partial charge < -0.3 is 4.42 Å². The Hall–Kier alpha value is -5.42. The summed E-state index contributed by atoms with van der Waals surface area (Å²) in [4.78, 5) is 19.6. The second kappa shape index (κ2) is 9.80. The van der Waals surface area contributed by atoms with Gasteiger partial charge in [0.1, 0.15) is 5.52 Å². The lowest BCUT2D eigenvalue weighted by Gasteiger charge is -2.10. The fourth-order valence-electron chi connectivity index (χ4n) is 4.64. The Morgan fingerprint density at radius 2 is 0.821 bits per heavy atom. The van der Waals surface area contributed by atoms with Crippen LogP contribution >= 0.6 is 0 Å². The van der Waals surface area contributed by atoms with Gasteiger partial charge in [-0.3, -0.25) is 0 Å². The van der Waals surface area contributed by atoms with Gasteiger partial charge in [-0.25, -0.2) is 19.9 Å². The first-order valence-corrected chi connectivity index (χ1v) is 12.7. The van der Waals surface area contributed by atoms with Crippen molar-refractivity contribution in [1.82, 2.24) is 19.9 Å². The van der Waals surface area contributed by atoms with Crippen molar-refractivity contribution in [2.45, 2.75) is 0 Å². The van der Waals surface area contributed by atoms with Crippen molar-refractivity contribution >= 4 is 11.1 Å². The molecule has 0 N–H and O–H groups in total. The Balaban J connectivity index is 1.47. The highest BCUT2D eigenvalue weighted by Gasteiger charge is 2.18. The van der Waals surface area contributed by atoms with Crippen LogP contribution in [-0.4, -0.2) is 19.9 Å². The van der Waals surface area contributed by atoms with E-state index in [-0.39, 0.29) is 0 Å². The average Bonchev–Trinajstić information content (AvgIpc) is 3.47. The Labute approximate surface area is 225 Å². The van der Waals surface area contributed by atoms with E-state index in [2.05, 4.69) is 18.2 Å². The van der Waals surface area contributed by atoms with Crippen LogP contribution in [0.5, 0.6) is 0 Å². The topological polar surface area (TPSA) is 64.7 Å². The molecule has 0 saturated carbocycles. The van der Waals surface area contributed by atoms with E-state index in [1.54, 1.807) is 0 Å². The highest BCUT2D eigenvalue weighted by Crippen LogP contribution is 2.36. The van der Waals surface area contributed by atoms with Gasteiger partial charge in [-0.2, -0.15) is 0 Å². The number of rotatable bonds is 5. The van der Waals surface area contributed by atoms with Crippen molar-refractivity contribution < 1.29 is 4.42 Å². The molecule has 0 atom stereocenters. The number of hydrogen-bond donors (Lipinski definition) is 0. The quantitative estimate of drug-likeness (QED) is 0.237. The maximum absolute atomic E-state index is 6.33. The van der Waals surface area contributed by atoms with E-state index >= 15 is 0 Å². The second-order valence-electron chi connectivity index (χ2n) is 9.16. The fourth-order valence-corrected chi connectivity index (χ4v) is 4.64. The van der Waals surface area contributed by atoms with Crippen LogP contribution in [-0.2, 0) is 0 Å². The van der Waals surface area contributed by atoms with Crippen molar-refractivity contribution in [2.24, 2.45) is 0 Å². The molecule has 0 amide bonds. The standard InChI is InChI=1S/C34H22N4O/c1-5-13-23(14-6-1)28-21-27(22-29-30(28)35-34(39-29)26-19-11-4-12-20-26)33-37-31(24-15-7-2-8-16-24)36-32(38-33)25-17-9-3-10-18-25/h1-22H. The number of hydrogen-bond acceptors (Lipinski definition) is 5. The van der Waals surface area contributed by atoms with E-state index in [9.17, 15) is 0 Å². The number of oxazole rings is 1. The Bertz CT molecular complexity index is 1830. The molecule has 2 heterocycles. The molecule has 0 radical (unpaired) electrons. The molecule has 0 aliphatic rings. The van der Waals surface area contributed by atoms with Gasteiger partial charge in [0.25, 0.3) is 0 Å². The molecule has 7 aromatic rings. The van der Waals surface area contributed by atoms with Crippen LogP contribution < -0.4 is 0 Å². The molecular weight excluding hydrogens is 480 g/mol. The predicted molar refractivity (Wildman–Crippen MR) is 155 cm³/mol. The van der Waals surface area contributed by atoms with Gasteiger partial charge in [0, 0.05) is 27.8 Å². The molecule has 0 bridgehead atoms. The zero-order valence-corrected chi connectivity index (χ0v) is 20.9. The van der Waals surface area contributed by atoms with Crippen LogP contribution in [0.4, 0.5) is 0 Å². The zero-order chi connectivity index (χ0) is 26.0. The summed E-state index contributed by atoms with van der Waals surface area (Å²) in [5.74, 6) is 2.37. The van der Waals surface area contributed by atoms with Gasteiger partial charge in [-0.05, 0) is 29.8 Å². The zero-order valence-electron chi connectivity index (χ0n) is 20.9. The normalized spacial score (nSPS) is 11.1. The van der Waals surface area contributed by atoms with Crippen molar-refractivity contribution in [3.05, 3.63) is 133 Å². The molecule has 0 unspecified atom stereocenters. The third-order valence-electron chi connectivity index (χ3n) is 6.56. The first kappa shape index (κ1) is 22.8. The van der Waals surface area contributed by atoms with E-state index in [4.69, 9.17) is 24.4 Å². The van der Waals surface area contributed by atoms with Gasteiger partial charge in [-0.1, -0.05) is 109 Å². The van der Waals surface area contributed by atoms with E-state index in [0.717, 1.165) is 38.9 Å². The summed E-state index contributed by atoms with van der Waals surface area (Å²) in [6.45, 7) is 0. The van der Waals surface area contributed by atoms with Crippen LogP contribution in [0.3, 0.4) is 0 Å². The fraction of sp³-hybridized carbons (Fsp3) is 0. The third-order valence-corrected chi connectivity index (χ3v) is 6.56. The summed E-state index contributed by atoms with van der Waals surface area (Å²) < 4.78 is 6.33. The number of fused-ring (bicyclic) bond motifs is 1. The summed E-state index contributed by atoms with van der Waals surface area (Å²) in [6, 6.07) is 44.2. The smallest absolute Gasteiger partial charge is 0.227 e. The van der Waals surface area contributed by atoms with Crippen molar-refractivity contribution in [3.8, 4) is 56.7 Å². The van der Waals surface area contributed by atoms with Gasteiger partial charge in [-0.15, -0.1) is 0 Å². The Kier molecular flexibility index (Phi) is 5.72. The first-order chi connectivity index (χ1) is 19.3. The maximum atomic E-state index is 6.33. The summed E-state index contributed by atoms with van der Waals surface area (Å²) in [5, 5.41) is 0. The molecule has 5 aromatic carbocycles. The molecule has 0 saturated heterocycles. The monoisotopic (exact) mass is 502 g/mol. The lowest BCUT2D eigenvalue weighted by Crippen LogP contribution is -2.00. The lowest BCUT2D eigenvalue weighted by atomic mass is 10.0. The number of nitrogens with zero attached hydrogens (tertiary/aromatic N) is 4. The summed E-state index contributed by atoms with van der Waals surface area (Å²) in [6.07, 6.45) is 0. The van der Waals surface area contributed by atoms with E-state index in [0.29, 0.717) is 28.9 Å². The van der Waals surface area contributed by atoms with Gasteiger partial charge in [0.2, 0.25) is 5.89 Å². The van der Waals surface area contributed by atoms with Crippen molar-refractivity contribution in [3.63, 3.8) is 0 Å². The highest BCUT2D eigenvalue weighted by molar-refractivity contribution is 5.95. The summed E-state index contributed by atoms with van der Waals surface area (Å²) in [7, 11) is 0. The lowest BCUT2D eigenvalue weighted by molar-refractivity contribution is 0.620. The molecule has 7 rings (SSSR count). The second-order valence-corrected chi connectivity index (χ2v) is 9.16. The minimum Gasteiger partial charge on any atom is -0.436 e. The number of aromatic nitrogens is 4. The number of benzene rings is 5. The SMILES string of the molecule is c1ccc(-c2nc(-c3ccccc3)nc(-c3cc(-c4ccccc4)c4nc(-c5ccccc5)oc4c3)n2)cc1. The third kappa shape index (κ3) is 4.47. The molecule has 0 spiro atoms. The van der Waals surface area contributed by atoms with Gasteiger partial charge in [0.15, 0.2) is 23.1 Å². The molecule has 0 aliphatic heterocycles. The van der Waals surface area contributed by atoms with Crippen molar-refractivity contribution in [2.75, 3.05) is 0 Å². The van der Waals surface area contributed by atoms with E-state index < -0.39 is 0 Å². The van der Waals surface area contributed by atoms with Crippen LogP contribution in [0.15, 0.2) is 138 Å². The molecule has 5 heteroatoms. The summed E-state index contributed by atoms with van der Waals surface area (Å²) in [5.41, 5.74) is 7.07. The molecular formula is C34H22N4O. The molecule has 2 aromatic heterocycles. The Morgan fingerprint density at radius 1 is 0.385 bits per heavy atom. The van der Waals surface area contributed by atoms with Crippen LogP contribution in [0.1, 0.15) is 0 Å². The molecule has 0 aliphatic carbocycles. The van der Waals surface area contributed by atoms with Gasteiger partial charge >= 0.3 is 0 Å². The average molecular weight is 503 g/mol. The largest absolute Gasteiger partial charge is 0.436 e. The van der Waals surface area contributed by atoms with Gasteiger partial charge in [0.05, 0.1) is 0 Å². The molecule has 184 valence electrons. The van der Waals surface area contributed by atoms with Crippen LogP contribution in [0.2, 0.25) is 0 Å². The Morgan fingerprint density at radius 3 is 1.33 bits per heavy atom.